The van der Waals surface area contributed by atoms with Crippen LogP contribution in [0.25, 0.3) is 5.32 Å². The summed E-state index contributed by atoms with van der Waals surface area (Å²) in [6.45, 7) is 10.6. The van der Waals surface area contributed by atoms with Gasteiger partial charge in [0.25, 0.3) is 0 Å². The van der Waals surface area contributed by atoms with Crippen LogP contribution >= 0.6 is 0 Å². The summed E-state index contributed by atoms with van der Waals surface area (Å²) in [4.78, 5) is 10.9. The van der Waals surface area contributed by atoms with Gasteiger partial charge in [0.05, 0.1) is 18.7 Å². The van der Waals surface area contributed by atoms with Crippen LogP contribution in [0.2, 0.25) is 0 Å². The minimum Gasteiger partial charge on any atom is -0.658 e. The smallest absolute Gasteiger partial charge is 0.658 e. The van der Waals surface area contributed by atoms with Crippen molar-refractivity contribution in [3.8, 4) is 0 Å². The van der Waals surface area contributed by atoms with Crippen LogP contribution in [0.15, 0.2) is 18.3 Å². The molecule has 0 N–H and O–H groups in total. The van der Waals surface area contributed by atoms with Crippen LogP contribution in [-0.4, -0.2) is 34.9 Å². The average Bonchev–Trinajstić information content (AvgIpc) is 2.29. The van der Waals surface area contributed by atoms with Crippen LogP contribution in [-0.2, 0) is 16.0 Å². The second kappa shape index (κ2) is 13.1. The topological polar surface area (TPSA) is 66.2 Å². The number of carbonyl (C=O) groups is 1. The van der Waals surface area contributed by atoms with E-state index in [4.69, 9.17) is 4.74 Å². The molecule has 1 rings (SSSR count). The van der Waals surface area contributed by atoms with Gasteiger partial charge in [-0.1, -0.05) is 27.7 Å². The number of ether oxygens (including phenoxy) is 1. The summed E-state index contributed by atoms with van der Waals surface area (Å²) in [5.41, 5.74) is 0.635. The van der Waals surface area contributed by atoms with Gasteiger partial charge in [-0.3, -0.25) is 4.79 Å². The number of carbonyl (C=O) groups excluding carboxylic acids is 1. The summed E-state index contributed by atoms with van der Waals surface area (Å²) in [6, 6.07) is 4.48. The Hall–Kier alpha value is -0.893. The van der Waals surface area contributed by atoms with Crippen molar-refractivity contribution in [3.63, 3.8) is 0 Å². The first kappa shape index (κ1) is 21.4. The molecule has 108 valence electrons. The van der Waals surface area contributed by atoms with Gasteiger partial charge in [-0.2, -0.15) is 10.2 Å². The third-order valence-electron chi connectivity index (χ3n) is 1.85. The van der Waals surface area contributed by atoms with E-state index >= 15 is 0 Å². The van der Waals surface area contributed by atoms with Gasteiger partial charge < -0.3 is 10.1 Å². The van der Waals surface area contributed by atoms with Gasteiger partial charge in [0, 0.05) is 6.20 Å². The van der Waals surface area contributed by atoms with Gasteiger partial charge >= 0.3 is 24.8 Å². The molecule has 0 unspecified atom stereocenters. The van der Waals surface area contributed by atoms with Gasteiger partial charge in [-0.05, 0) is 19.1 Å². The first-order chi connectivity index (χ1) is 8.95. The first-order valence-corrected chi connectivity index (χ1v) is 6.57. The number of rotatable bonds is 5. The zero-order valence-corrected chi connectivity index (χ0v) is 13.5. The molecule has 0 aliphatic rings. The minimum absolute atomic E-state index is 0. The molecule has 0 amide bonds. The predicted octanol–water partition coefficient (Wildman–Crippen LogP) is -0.237. The Bertz CT molecular complexity index is 340. The second-order valence-electron chi connectivity index (χ2n) is 4.53. The Morgan fingerprint density at radius 3 is 2.25 bits per heavy atom. The molecule has 1 aromatic rings. The van der Waals surface area contributed by atoms with Crippen molar-refractivity contribution < 1.29 is 28.4 Å². The minimum atomic E-state index is -0.266. The number of aromatic nitrogens is 2. The van der Waals surface area contributed by atoms with E-state index in [1.807, 2.05) is 0 Å². The van der Waals surface area contributed by atoms with Crippen molar-refractivity contribution in [3.05, 3.63) is 29.3 Å². The van der Waals surface area contributed by atoms with Crippen molar-refractivity contribution >= 4 is 5.97 Å². The fourth-order valence-corrected chi connectivity index (χ4v) is 1.38. The van der Waals surface area contributed by atoms with Gasteiger partial charge in [-0.25, -0.2) is 0 Å². The normalized spacial score (nSPS) is 9.55. The van der Waals surface area contributed by atoms with Gasteiger partial charge in [0.2, 0.25) is 0 Å². The van der Waals surface area contributed by atoms with E-state index in [-0.39, 0.29) is 31.3 Å². The predicted molar refractivity (Wildman–Crippen MR) is 76.0 cm³/mol. The maximum absolute atomic E-state index is 10.9. The summed E-state index contributed by atoms with van der Waals surface area (Å²) in [5, 5.41) is 11.7. The zero-order chi connectivity index (χ0) is 14.7. The summed E-state index contributed by atoms with van der Waals surface area (Å²) < 4.78 is 4.74. The van der Waals surface area contributed by atoms with Crippen LogP contribution in [0.5, 0.6) is 0 Å². The number of hydrogen-bond donors (Lipinski definition) is 0. The second-order valence-corrected chi connectivity index (χ2v) is 4.53. The van der Waals surface area contributed by atoms with E-state index in [0.717, 1.165) is 0 Å². The Labute approximate surface area is 134 Å². The molecular weight excluding hydrogens is 249 g/mol. The van der Waals surface area contributed by atoms with E-state index in [9.17, 15) is 4.79 Å². The van der Waals surface area contributed by atoms with Crippen molar-refractivity contribution in [1.82, 2.24) is 10.2 Å². The molecular formula is C14H24LiN3O2. The standard InChI is InChI=1S/C8H10N2O2.C6H14N.Li/c1-2-12-8(11)6-7-4-3-5-9-10-7;1-5(2)7-6(3)4;/h3-5H,2,6H2,1H3;5-6H,1-4H3;/q;-1;+1. The molecule has 0 fully saturated rings. The molecule has 0 saturated heterocycles. The van der Waals surface area contributed by atoms with Crippen LogP contribution < -0.4 is 18.9 Å². The maximum Gasteiger partial charge on any atom is 1.00 e. The molecule has 6 heteroatoms. The number of hydrogen-bond acceptors (Lipinski definition) is 4. The fourth-order valence-electron chi connectivity index (χ4n) is 1.38. The maximum atomic E-state index is 10.9. The Kier molecular flexibility index (Phi) is 14.0. The van der Waals surface area contributed by atoms with Crippen molar-refractivity contribution in [1.29, 1.82) is 0 Å². The number of esters is 1. The third-order valence-corrected chi connectivity index (χ3v) is 1.85. The SMILES string of the molecule is CC(C)[N-]C(C)C.CCOC(=O)Cc1cccnn1.[Li+]. The average molecular weight is 273 g/mol. The van der Waals surface area contributed by atoms with Crippen LogP contribution in [0.1, 0.15) is 40.3 Å². The molecule has 0 aliphatic heterocycles. The molecule has 0 bridgehead atoms. The first-order valence-electron chi connectivity index (χ1n) is 6.57. The van der Waals surface area contributed by atoms with Crippen molar-refractivity contribution in [2.75, 3.05) is 6.61 Å². The van der Waals surface area contributed by atoms with Gasteiger partial charge in [0.15, 0.2) is 0 Å². The Morgan fingerprint density at radius 2 is 1.90 bits per heavy atom. The molecule has 0 spiro atoms. The Morgan fingerprint density at radius 1 is 1.30 bits per heavy atom. The Balaban J connectivity index is 0. The molecule has 0 aliphatic carbocycles. The van der Waals surface area contributed by atoms with Crippen LogP contribution in [0, 0.1) is 0 Å². The summed E-state index contributed by atoms with van der Waals surface area (Å²) in [7, 11) is 0. The van der Waals surface area contributed by atoms with E-state index in [2.05, 4.69) is 43.2 Å². The largest absolute Gasteiger partial charge is 1.00 e. The van der Waals surface area contributed by atoms with E-state index < -0.39 is 0 Å². The van der Waals surface area contributed by atoms with E-state index in [1.165, 1.54) is 0 Å². The summed E-state index contributed by atoms with van der Waals surface area (Å²) in [6.07, 6.45) is 1.76. The zero-order valence-electron chi connectivity index (χ0n) is 13.5. The molecule has 0 radical (unpaired) electrons. The van der Waals surface area contributed by atoms with Gasteiger partial charge in [-0.15, -0.1) is 12.1 Å². The van der Waals surface area contributed by atoms with Gasteiger partial charge in [0.1, 0.15) is 0 Å². The molecule has 1 aromatic heterocycles. The molecule has 20 heavy (non-hydrogen) atoms. The molecule has 1 heterocycles. The molecule has 5 nitrogen and oxygen atoms in total. The number of nitrogens with zero attached hydrogens (tertiary/aromatic N) is 3. The fraction of sp³-hybridized carbons (Fsp3) is 0.643. The van der Waals surface area contributed by atoms with E-state index in [0.29, 0.717) is 24.4 Å². The van der Waals surface area contributed by atoms with Crippen LogP contribution in [0.3, 0.4) is 0 Å². The van der Waals surface area contributed by atoms with Crippen molar-refractivity contribution in [2.45, 2.75) is 53.1 Å². The summed E-state index contributed by atoms with van der Waals surface area (Å²) in [5.74, 6) is -0.266. The monoisotopic (exact) mass is 273 g/mol. The van der Waals surface area contributed by atoms with E-state index in [1.54, 1.807) is 25.3 Å². The quantitative estimate of drug-likeness (QED) is 0.549. The summed E-state index contributed by atoms with van der Waals surface area (Å²) >= 11 is 0. The molecule has 0 aromatic carbocycles. The molecule has 0 atom stereocenters. The van der Waals surface area contributed by atoms with Crippen LogP contribution in [0.4, 0.5) is 0 Å². The third kappa shape index (κ3) is 13.5. The van der Waals surface area contributed by atoms with Crippen molar-refractivity contribution in [2.24, 2.45) is 0 Å². The molecule has 0 saturated carbocycles.